The molecule has 1 saturated heterocycles. The molecule has 0 bridgehead atoms. The lowest BCUT2D eigenvalue weighted by atomic mass is 9.80. The van der Waals surface area contributed by atoms with Crippen molar-refractivity contribution in [2.75, 3.05) is 25.0 Å². The number of carbonyl (C=O) groups is 1. The quantitative estimate of drug-likeness (QED) is 0.699. The number of likely N-dealkylation sites (tertiary alicyclic amines) is 1. The summed E-state index contributed by atoms with van der Waals surface area (Å²) >= 11 is 0. The van der Waals surface area contributed by atoms with Crippen LogP contribution in [-0.4, -0.2) is 45.4 Å². The van der Waals surface area contributed by atoms with Gasteiger partial charge in [0.15, 0.2) is 0 Å². The van der Waals surface area contributed by atoms with Crippen LogP contribution in [0.1, 0.15) is 40.9 Å². The predicted molar refractivity (Wildman–Crippen MR) is 114 cm³/mol. The van der Waals surface area contributed by atoms with E-state index >= 15 is 0 Å². The summed E-state index contributed by atoms with van der Waals surface area (Å²) in [5, 5.41) is 12.9. The topological polar surface area (TPSA) is 97.7 Å². The zero-order valence-corrected chi connectivity index (χ0v) is 17.0. The molecule has 0 spiro atoms. The van der Waals surface area contributed by atoms with Gasteiger partial charge in [-0.25, -0.2) is 9.97 Å². The van der Waals surface area contributed by atoms with Gasteiger partial charge in [0.05, 0.1) is 23.0 Å². The third-order valence-corrected chi connectivity index (χ3v) is 6.77. The zero-order chi connectivity index (χ0) is 20.7. The standard InChI is InChI=1S/C23H24N6O/c1-15-7-8-16(10-24)21(28-15)25-12-23-9-3-4-17(23)11-29(13-23)22(30)18-5-2-6-19-20(18)27-14-26-19/h2,5-8,14,17H,3-4,9,11-13H2,1H3,(H,25,28)(H,26,27)/t17-,23-/m0/s1. The fraction of sp³-hybridized carbons (Fsp3) is 0.391. The fourth-order valence-electron chi connectivity index (χ4n) is 5.21. The molecule has 3 aromatic rings. The van der Waals surface area contributed by atoms with Crippen molar-refractivity contribution in [3.8, 4) is 6.07 Å². The van der Waals surface area contributed by atoms with E-state index in [4.69, 9.17) is 0 Å². The molecule has 1 saturated carbocycles. The Balaban J connectivity index is 1.38. The van der Waals surface area contributed by atoms with Crippen LogP contribution in [0, 0.1) is 29.6 Å². The average Bonchev–Trinajstić information content (AvgIpc) is 3.45. The number of fused-ring (bicyclic) bond motifs is 2. The Labute approximate surface area is 175 Å². The molecule has 1 aromatic carbocycles. The molecule has 0 radical (unpaired) electrons. The molecule has 2 aromatic heterocycles. The van der Waals surface area contributed by atoms with Crippen molar-refractivity contribution >= 4 is 22.8 Å². The minimum Gasteiger partial charge on any atom is -0.368 e. The number of hydrogen-bond donors (Lipinski definition) is 2. The van der Waals surface area contributed by atoms with Crippen molar-refractivity contribution in [1.29, 1.82) is 5.26 Å². The minimum absolute atomic E-state index is 0.0211. The Morgan fingerprint density at radius 1 is 1.40 bits per heavy atom. The number of amides is 1. The van der Waals surface area contributed by atoms with Gasteiger partial charge in [0.25, 0.3) is 5.91 Å². The molecule has 5 rings (SSSR count). The summed E-state index contributed by atoms with van der Waals surface area (Å²) in [6.45, 7) is 4.14. The number of para-hydroxylation sites is 1. The zero-order valence-electron chi connectivity index (χ0n) is 17.0. The van der Waals surface area contributed by atoms with Crippen molar-refractivity contribution in [1.82, 2.24) is 19.9 Å². The Bertz CT molecular complexity index is 1160. The molecule has 3 heterocycles. The van der Waals surface area contributed by atoms with Gasteiger partial charge in [-0.2, -0.15) is 5.26 Å². The highest BCUT2D eigenvalue weighted by molar-refractivity contribution is 6.04. The second-order valence-corrected chi connectivity index (χ2v) is 8.56. The van der Waals surface area contributed by atoms with Crippen LogP contribution in [0.4, 0.5) is 5.82 Å². The second kappa shape index (κ2) is 7.13. The van der Waals surface area contributed by atoms with Gasteiger partial charge in [-0.15, -0.1) is 0 Å². The molecular weight excluding hydrogens is 376 g/mol. The van der Waals surface area contributed by atoms with E-state index in [1.807, 2.05) is 42.2 Å². The third-order valence-electron chi connectivity index (χ3n) is 6.77. The van der Waals surface area contributed by atoms with Gasteiger partial charge >= 0.3 is 0 Å². The van der Waals surface area contributed by atoms with Gasteiger partial charge in [-0.3, -0.25) is 4.79 Å². The molecule has 0 unspecified atom stereocenters. The maximum absolute atomic E-state index is 13.3. The third kappa shape index (κ3) is 3.00. The van der Waals surface area contributed by atoms with Gasteiger partial charge in [-0.05, 0) is 49.9 Å². The smallest absolute Gasteiger partial charge is 0.256 e. The number of carbonyl (C=O) groups excluding carboxylic acids is 1. The number of aryl methyl sites for hydroxylation is 1. The van der Waals surface area contributed by atoms with Crippen LogP contribution in [0.5, 0.6) is 0 Å². The van der Waals surface area contributed by atoms with Gasteiger partial charge in [0, 0.05) is 30.7 Å². The van der Waals surface area contributed by atoms with E-state index in [9.17, 15) is 10.1 Å². The number of aromatic amines is 1. The first-order valence-electron chi connectivity index (χ1n) is 10.4. The lowest BCUT2D eigenvalue weighted by Crippen LogP contribution is -2.36. The molecule has 2 fully saturated rings. The number of H-pyrrole nitrogens is 1. The van der Waals surface area contributed by atoms with Gasteiger partial charge in [0.2, 0.25) is 0 Å². The molecule has 1 aliphatic heterocycles. The van der Waals surface area contributed by atoms with E-state index in [1.54, 1.807) is 6.33 Å². The van der Waals surface area contributed by atoms with Crippen LogP contribution in [0.25, 0.3) is 11.0 Å². The monoisotopic (exact) mass is 400 g/mol. The average molecular weight is 400 g/mol. The van der Waals surface area contributed by atoms with E-state index in [2.05, 4.69) is 26.3 Å². The van der Waals surface area contributed by atoms with E-state index in [1.165, 1.54) is 6.42 Å². The van der Waals surface area contributed by atoms with E-state index in [0.717, 1.165) is 49.2 Å². The normalized spacial score (nSPS) is 22.8. The lowest BCUT2D eigenvalue weighted by Gasteiger charge is -2.29. The molecule has 30 heavy (non-hydrogen) atoms. The molecule has 152 valence electrons. The number of imidazole rings is 1. The summed E-state index contributed by atoms with van der Waals surface area (Å²) in [5.74, 6) is 1.15. The Morgan fingerprint density at radius 3 is 3.17 bits per heavy atom. The highest BCUT2D eigenvalue weighted by Gasteiger charge is 2.50. The number of aromatic nitrogens is 3. The fourth-order valence-corrected chi connectivity index (χ4v) is 5.21. The van der Waals surface area contributed by atoms with E-state index in [-0.39, 0.29) is 11.3 Å². The van der Waals surface area contributed by atoms with Crippen LogP contribution in [0.3, 0.4) is 0 Å². The summed E-state index contributed by atoms with van der Waals surface area (Å²) in [4.78, 5) is 27.3. The summed E-state index contributed by atoms with van der Waals surface area (Å²) in [6.07, 6.45) is 5.02. The van der Waals surface area contributed by atoms with Crippen molar-refractivity contribution in [3.05, 3.63) is 53.5 Å². The number of nitriles is 1. The van der Waals surface area contributed by atoms with Gasteiger partial charge in [0.1, 0.15) is 17.4 Å². The summed E-state index contributed by atoms with van der Waals surface area (Å²) in [7, 11) is 0. The maximum atomic E-state index is 13.3. The van der Waals surface area contributed by atoms with Gasteiger partial charge < -0.3 is 15.2 Å². The highest BCUT2D eigenvalue weighted by Crippen LogP contribution is 2.49. The molecule has 1 amide bonds. The van der Waals surface area contributed by atoms with Crippen molar-refractivity contribution in [2.24, 2.45) is 11.3 Å². The van der Waals surface area contributed by atoms with Crippen molar-refractivity contribution < 1.29 is 4.79 Å². The largest absolute Gasteiger partial charge is 0.368 e. The number of benzene rings is 1. The first-order chi connectivity index (χ1) is 14.6. The Kier molecular flexibility index (Phi) is 4.43. The van der Waals surface area contributed by atoms with Gasteiger partial charge in [-0.1, -0.05) is 12.5 Å². The van der Waals surface area contributed by atoms with Crippen LogP contribution >= 0.6 is 0 Å². The first kappa shape index (κ1) is 18.6. The Hall–Kier alpha value is -3.40. The predicted octanol–water partition coefficient (Wildman–Crippen LogP) is 3.49. The van der Waals surface area contributed by atoms with E-state index < -0.39 is 0 Å². The SMILES string of the molecule is Cc1ccc(C#N)c(NC[C@]23CCC[C@H]2CN(C(=O)c2cccc4[nH]cnc24)C3)n1. The van der Waals surface area contributed by atoms with E-state index in [0.29, 0.717) is 22.9 Å². The first-order valence-corrected chi connectivity index (χ1v) is 10.4. The lowest BCUT2D eigenvalue weighted by molar-refractivity contribution is 0.0772. The maximum Gasteiger partial charge on any atom is 0.256 e. The molecule has 2 atom stereocenters. The minimum atomic E-state index is 0.0211. The number of nitrogens with zero attached hydrogens (tertiary/aromatic N) is 4. The number of pyridine rings is 1. The number of anilines is 1. The summed E-state index contributed by atoms with van der Waals surface area (Å²) in [6, 6.07) is 11.6. The van der Waals surface area contributed by atoms with Crippen molar-refractivity contribution in [2.45, 2.75) is 26.2 Å². The Morgan fingerprint density at radius 2 is 2.30 bits per heavy atom. The number of rotatable bonds is 4. The molecule has 7 heteroatoms. The highest BCUT2D eigenvalue weighted by atomic mass is 16.2. The summed E-state index contributed by atoms with van der Waals surface area (Å²) in [5.41, 5.74) is 3.73. The van der Waals surface area contributed by atoms with Crippen LogP contribution in [0.15, 0.2) is 36.7 Å². The summed E-state index contributed by atoms with van der Waals surface area (Å²) < 4.78 is 0. The van der Waals surface area contributed by atoms with Crippen LogP contribution in [0.2, 0.25) is 0 Å². The van der Waals surface area contributed by atoms with Crippen molar-refractivity contribution in [3.63, 3.8) is 0 Å². The van der Waals surface area contributed by atoms with Crippen LogP contribution < -0.4 is 5.32 Å². The second-order valence-electron chi connectivity index (χ2n) is 8.56. The molecule has 2 aliphatic rings. The molecule has 1 aliphatic carbocycles. The molecule has 2 N–H and O–H groups in total. The molecular formula is C23H24N6O. The number of nitrogens with one attached hydrogen (secondary N) is 2. The molecule has 7 nitrogen and oxygen atoms in total. The number of hydrogen-bond acceptors (Lipinski definition) is 5. The van der Waals surface area contributed by atoms with Crippen LogP contribution in [-0.2, 0) is 0 Å².